The average Bonchev–Trinajstić information content (AvgIpc) is 2.13. The molecule has 0 aromatic carbocycles. The number of hydrogen-bond donors (Lipinski definition) is 3. The number of nitrogens with two attached hydrogens (primary N) is 1. The lowest BCUT2D eigenvalue weighted by Gasteiger charge is -2.15. The van der Waals surface area contributed by atoms with Crippen molar-refractivity contribution in [3.63, 3.8) is 0 Å². The molecule has 4 nitrogen and oxygen atoms in total. The zero-order valence-electron chi connectivity index (χ0n) is 8.42. The van der Waals surface area contributed by atoms with Crippen molar-refractivity contribution < 1.29 is 9.90 Å². The quantitative estimate of drug-likeness (QED) is 0.543. The number of aliphatic hydroxyl groups excluding tert-OH is 1. The molecule has 0 aliphatic carbocycles. The molecule has 0 saturated carbocycles. The predicted octanol–water partition coefficient (Wildman–Crippen LogP) is -0.142. The summed E-state index contributed by atoms with van der Waals surface area (Å²) in [6.45, 7) is 4.24. The van der Waals surface area contributed by atoms with Crippen molar-refractivity contribution >= 4 is 5.91 Å². The van der Waals surface area contributed by atoms with Crippen LogP contribution in [0.5, 0.6) is 0 Å². The van der Waals surface area contributed by atoms with Crippen molar-refractivity contribution in [2.24, 2.45) is 11.7 Å². The molecule has 2 atom stereocenters. The minimum absolute atomic E-state index is 0.00463. The number of aliphatic hydroxyl groups is 1. The molecule has 0 aliphatic heterocycles. The van der Waals surface area contributed by atoms with E-state index >= 15 is 0 Å². The van der Waals surface area contributed by atoms with Crippen LogP contribution in [0.1, 0.15) is 26.7 Å². The Morgan fingerprint density at radius 1 is 1.54 bits per heavy atom. The van der Waals surface area contributed by atoms with Gasteiger partial charge in [0.15, 0.2) is 0 Å². The predicted molar refractivity (Wildman–Crippen MR) is 52.1 cm³/mol. The lowest BCUT2D eigenvalue weighted by atomic mass is 10.0. The molecule has 1 amide bonds. The summed E-state index contributed by atoms with van der Waals surface area (Å²) in [5.41, 5.74) is 5.33. The van der Waals surface area contributed by atoms with Gasteiger partial charge in [-0.15, -0.1) is 0 Å². The van der Waals surface area contributed by atoms with Crippen LogP contribution >= 0.6 is 0 Å². The maximum atomic E-state index is 11.4. The molecule has 0 heterocycles. The number of nitrogens with one attached hydrogen (secondary N) is 1. The summed E-state index contributed by atoms with van der Waals surface area (Å²) in [7, 11) is 0. The van der Waals surface area contributed by atoms with Crippen LogP contribution in [0, 0.1) is 5.92 Å². The SMILES string of the molecule is CC(CCCN)C(=O)N[C@H](C)CO. The zero-order chi connectivity index (χ0) is 10.3. The van der Waals surface area contributed by atoms with Crippen LogP contribution in [0.15, 0.2) is 0 Å². The van der Waals surface area contributed by atoms with Gasteiger partial charge in [-0.25, -0.2) is 0 Å². The van der Waals surface area contributed by atoms with Crippen molar-refractivity contribution in [2.45, 2.75) is 32.7 Å². The summed E-state index contributed by atoms with van der Waals surface area (Å²) >= 11 is 0. The van der Waals surface area contributed by atoms with Gasteiger partial charge in [0.05, 0.1) is 6.61 Å². The Morgan fingerprint density at radius 3 is 2.62 bits per heavy atom. The average molecular weight is 188 g/mol. The Hall–Kier alpha value is -0.610. The van der Waals surface area contributed by atoms with E-state index in [1.807, 2.05) is 6.92 Å². The van der Waals surface area contributed by atoms with Crippen LogP contribution in [0.25, 0.3) is 0 Å². The van der Waals surface area contributed by atoms with Crippen LogP contribution < -0.4 is 11.1 Å². The van der Waals surface area contributed by atoms with Gasteiger partial charge in [-0.3, -0.25) is 4.79 Å². The van der Waals surface area contributed by atoms with E-state index in [1.54, 1.807) is 6.92 Å². The van der Waals surface area contributed by atoms with Gasteiger partial charge < -0.3 is 16.2 Å². The molecule has 0 bridgehead atoms. The second kappa shape index (κ2) is 6.86. The molecule has 0 rings (SSSR count). The van der Waals surface area contributed by atoms with Crippen LogP contribution in [-0.4, -0.2) is 30.2 Å². The molecule has 0 aromatic heterocycles. The first-order valence-electron chi connectivity index (χ1n) is 4.73. The molecule has 1 unspecified atom stereocenters. The summed E-state index contributed by atoms with van der Waals surface area (Å²) in [5, 5.41) is 11.4. The van der Waals surface area contributed by atoms with E-state index < -0.39 is 0 Å². The Labute approximate surface area is 79.5 Å². The second-order valence-electron chi connectivity index (χ2n) is 3.42. The molecule has 78 valence electrons. The van der Waals surface area contributed by atoms with Crippen molar-refractivity contribution in [3.8, 4) is 0 Å². The summed E-state index contributed by atoms with van der Waals surface area (Å²) < 4.78 is 0. The molecular formula is C9H20N2O2. The summed E-state index contributed by atoms with van der Waals surface area (Å²) in [6.07, 6.45) is 1.67. The number of carbonyl (C=O) groups excluding carboxylic acids is 1. The fourth-order valence-corrected chi connectivity index (χ4v) is 0.986. The highest BCUT2D eigenvalue weighted by molar-refractivity contribution is 5.78. The van der Waals surface area contributed by atoms with E-state index in [-0.39, 0.29) is 24.5 Å². The summed E-state index contributed by atoms with van der Waals surface area (Å²) in [4.78, 5) is 11.4. The third-order valence-electron chi connectivity index (χ3n) is 1.95. The third-order valence-corrected chi connectivity index (χ3v) is 1.95. The molecule has 0 aromatic rings. The number of rotatable bonds is 6. The van der Waals surface area contributed by atoms with Crippen LogP contribution in [-0.2, 0) is 4.79 Å². The lowest BCUT2D eigenvalue weighted by Crippen LogP contribution is -2.38. The highest BCUT2D eigenvalue weighted by Crippen LogP contribution is 2.04. The van der Waals surface area contributed by atoms with Gasteiger partial charge in [0, 0.05) is 12.0 Å². The smallest absolute Gasteiger partial charge is 0.223 e. The van der Waals surface area contributed by atoms with Gasteiger partial charge in [-0.1, -0.05) is 6.92 Å². The third kappa shape index (κ3) is 5.60. The number of hydrogen-bond acceptors (Lipinski definition) is 3. The standard InChI is InChI=1S/C9H20N2O2/c1-7(4-3-5-10)9(13)11-8(2)6-12/h7-8,12H,3-6,10H2,1-2H3,(H,11,13)/t7?,8-/m1/s1. The molecule has 0 spiro atoms. The largest absolute Gasteiger partial charge is 0.394 e. The molecule has 0 radical (unpaired) electrons. The monoisotopic (exact) mass is 188 g/mol. The first kappa shape index (κ1) is 12.4. The van der Waals surface area contributed by atoms with E-state index in [9.17, 15) is 4.79 Å². The molecule has 4 N–H and O–H groups in total. The normalized spacial score (nSPS) is 15.1. The van der Waals surface area contributed by atoms with Crippen molar-refractivity contribution in [3.05, 3.63) is 0 Å². The first-order valence-corrected chi connectivity index (χ1v) is 4.73. The molecule has 0 aliphatic rings. The van der Waals surface area contributed by atoms with Crippen LogP contribution in [0.4, 0.5) is 0 Å². The summed E-state index contributed by atoms with van der Waals surface area (Å²) in [6, 6.07) is -0.159. The Bertz CT molecular complexity index is 151. The Morgan fingerprint density at radius 2 is 2.15 bits per heavy atom. The highest BCUT2D eigenvalue weighted by Gasteiger charge is 2.13. The van der Waals surface area contributed by atoms with E-state index in [0.29, 0.717) is 6.54 Å². The number of amides is 1. The van der Waals surface area contributed by atoms with Gasteiger partial charge >= 0.3 is 0 Å². The molecule has 13 heavy (non-hydrogen) atoms. The van der Waals surface area contributed by atoms with E-state index in [0.717, 1.165) is 12.8 Å². The Kier molecular flexibility index (Phi) is 6.54. The molecule has 0 fully saturated rings. The maximum Gasteiger partial charge on any atom is 0.223 e. The minimum atomic E-state index is -0.159. The second-order valence-corrected chi connectivity index (χ2v) is 3.42. The van der Waals surface area contributed by atoms with Gasteiger partial charge in [0.25, 0.3) is 0 Å². The fraction of sp³-hybridized carbons (Fsp3) is 0.889. The van der Waals surface area contributed by atoms with Crippen LogP contribution in [0.2, 0.25) is 0 Å². The zero-order valence-corrected chi connectivity index (χ0v) is 8.42. The topological polar surface area (TPSA) is 75.4 Å². The molecule has 4 heteroatoms. The fourth-order valence-electron chi connectivity index (χ4n) is 0.986. The van der Waals surface area contributed by atoms with Crippen molar-refractivity contribution in [1.82, 2.24) is 5.32 Å². The van der Waals surface area contributed by atoms with Gasteiger partial charge in [0.1, 0.15) is 0 Å². The maximum absolute atomic E-state index is 11.4. The molecule has 0 saturated heterocycles. The Balaban J connectivity index is 3.68. The van der Waals surface area contributed by atoms with Crippen molar-refractivity contribution in [1.29, 1.82) is 0 Å². The van der Waals surface area contributed by atoms with E-state index in [4.69, 9.17) is 10.8 Å². The van der Waals surface area contributed by atoms with Gasteiger partial charge in [-0.05, 0) is 26.3 Å². The van der Waals surface area contributed by atoms with Crippen LogP contribution in [0.3, 0.4) is 0 Å². The van der Waals surface area contributed by atoms with Gasteiger partial charge in [0.2, 0.25) is 5.91 Å². The van der Waals surface area contributed by atoms with E-state index in [1.165, 1.54) is 0 Å². The lowest BCUT2D eigenvalue weighted by molar-refractivity contribution is -0.125. The minimum Gasteiger partial charge on any atom is -0.394 e. The first-order chi connectivity index (χ1) is 6.11. The summed E-state index contributed by atoms with van der Waals surface area (Å²) in [5.74, 6) is -0.0208. The van der Waals surface area contributed by atoms with E-state index in [2.05, 4.69) is 5.32 Å². The van der Waals surface area contributed by atoms with Crippen molar-refractivity contribution in [2.75, 3.05) is 13.2 Å². The molecular weight excluding hydrogens is 168 g/mol. The highest BCUT2D eigenvalue weighted by atomic mass is 16.3. The number of carbonyl (C=O) groups is 1. The van der Waals surface area contributed by atoms with Gasteiger partial charge in [-0.2, -0.15) is 0 Å².